The second-order valence-corrected chi connectivity index (χ2v) is 6.07. The smallest absolute Gasteiger partial charge is 0.332 e. The number of Topliss-reactive ketones (excluding diaryl/α,β-unsaturated/α-hetero) is 1. The molecule has 2 aromatic heterocycles. The Bertz CT molecular complexity index is 880. The molecule has 2 N–H and O–H groups in total. The average molecular weight is 335 g/mol. The molecule has 0 fully saturated rings. The van der Waals surface area contributed by atoms with Crippen LogP contribution in [-0.4, -0.2) is 30.6 Å². The van der Waals surface area contributed by atoms with E-state index in [-0.39, 0.29) is 17.1 Å². The Kier molecular flexibility index (Phi) is 4.69. The van der Waals surface area contributed by atoms with Gasteiger partial charge in [0, 0.05) is 19.8 Å². The quantitative estimate of drug-likeness (QED) is 0.477. The topological polar surface area (TPSA) is 113 Å². The molecule has 0 aromatic carbocycles. The van der Waals surface area contributed by atoms with E-state index in [9.17, 15) is 14.4 Å². The molecule has 8 nitrogen and oxygen atoms in total. The summed E-state index contributed by atoms with van der Waals surface area (Å²) in [5.41, 5.74) is 5.13. The molecule has 0 aliphatic heterocycles. The fourth-order valence-corrected chi connectivity index (χ4v) is 2.96. The number of nitrogens with two attached hydrogens (primary N) is 1. The van der Waals surface area contributed by atoms with Gasteiger partial charge in [0.05, 0.1) is 5.75 Å². The number of aryl methyl sites for hydroxylation is 2. The zero-order valence-corrected chi connectivity index (χ0v) is 14.1. The molecule has 0 amide bonds. The van der Waals surface area contributed by atoms with Crippen LogP contribution in [0.2, 0.25) is 0 Å². The van der Waals surface area contributed by atoms with Gasteiger partial charge in [-0.15, -0.1) is 0 Å². The molecule has 0 saturated heterocycles. The molecule has 0 saturated carbocycles. The minimum atomic E-state index is -0.689. The monoisotopic (exact) mass is 335 g/mol. The summed E-state index contributed by atoms with van der Waals surface area (Å²) in [6, 6.07) is 1.76. The second-order valence-electron chi connectivity index (χ2n) is 5.07. The number of rotatable bonds is 4. The predicted octanol–water partition coefficient (Wildman–Crippen LogP) is 0.0480. The minimum absolute atomic E-state index is 0.00641. The molecular weight excluding hydrogens is 318 g/mol. The molecule has 0 radical (unpaired) electrons. The SMILES string of the molecule is Cc1cc(SCC(=O)c2c(N)n(C)c(=O)n(C)c2=O)nc(C)n1. The lowest BCUT2D eigenvalue weighted by Crippen LogP contribution is -2.41. The van der Waals surface area contributed by atoms with Crippen LogP contribution >= 0.6 is 11.8 Å². The number of anilines is 1. The van der Waals surface area contributed by atoms with E-state index in [1.165, 1.54) is 25.9 Å². The van der Waals surface area contributed by atoms with Crippen molar-refractivity contribution in [1.82, 2.24) is 19.1 Å². The maximum absolute atomic E-state index is 12.4. The fraction of sp³-hybridized carbons (Fsp3) is 0.357. The molecule has 0 aliphatic rings. The Hall–Kier alpha value is -2.42. The van der Waals surface area contributed by atoms with Gasteiger partial charge in [0.25, 0.3) is 5.56 Å². The third-order valence-corrected chi connectivity index (χ3v) is 4.19. The van der Waals surface area contributed by atoms with E-state index in [4.69, 9.17) is 5.73 Å². The van der Waals surface area contributed by atoms with E-state index >= 15 is 0 Å². The lowest BCUT2D eigenvalue weighted by atomic mass is 10.2. The normalized spacial score (nSPS) is 10.8. The van der Waals surface area contributed by atoms with Crippen molar-refractivity contribution in [2.24, 2.45) is 14.1 Å². The van der Waals surface area contributed by atoms with E-state index in [1.54, 1.807) is 13.0 Å². The Morgan fingerprint density at radius 2 is 1.87 bits per heavy atom. The summed E-state index contributed by atoms with van der Waals surface area (Å²) in [7, 11) is 2.73. The van der Waals surface area contributed by atoms with E-state index in [1.807, 2.05) is 6.92 Å². The number of hydrogen-bond acceptors (Lipinski definition) is 7. The number of carbonyl (C=O) groups excluding carboxylic acids is 1. The van der Waals surface area contributed by atoms with Crippen LogP contribution < -0.4 is 17.0 Å². The van der Waals surface area contributed by atoms with Gasteiger partial charge in [0.1, 0.15) is 22.2 Å². The zero-order valence-electron chi connectivity index (χ0n) is 13.3. The lowest BCUT2D eigenvalue weighted by molar-refractivity contribution is 0.102. The zero-order chi connectivity index (χ0) is 17.3. The van der Waals surface area contributed by atoms with E-state index < -0.39 is 17.0 Å². The molecule has 2 rings (SSSR count). The highest BCUT2D eigenvalue weighted by atomic mass is 32.2. The van der Waals surface area contributed by atoms with Gasteiger partial charge in [0.15, 0.2) is 5.78 Å². The summed E-state index contributed by atoms with van der Waals surface area (Å²) >= 11 is 1.19. The first-order chi connectivity index (χ1) is 10.7. The molecule has 0 bridgehead atoms. The number of carbonyl (C=O) groups is 1. The van der Waals surface area contributed by atoms with Crippen LogP contribution in [0.5, 0.6) is 0 Å². The number of nitrogens with zero attached hydrogens (tertiary/aromatic N) is 4. The van der Waals surface area contributed by atoms with Gasteiger partial charge in [-0.25, -0.2) is 14.8 Å². The maximum Gasteiger partial charge on any atom is 0.332 e. The van der Waals surface area contributed by atoms with Gasteiger partial charge in [-0.2, -0.15) is 0 Å². The third kappa shape index (κ3) is 3.34. The average Bonchev–Trinajstić information content (AvgIpc) is 2.48. The van der Waals surface area contributed by atoms with Crippen LogP contribution in [0.15, 0.2) is 20.7 Å². The number of hydrogen-bond donors (Lipinski definition) is 1. The van der Waals surface area contributed by atoms with Crippen molar-refractivity contribution in [1.29, 1.82) is 0 Å². The van der Waals surface area contributed by atoms with Gasteiger partial charge < -0.3 is 5.73 Å². The number of thioether (sulfide) groups is 1. The minimum Gasteiger partial charge on any atom is -0.384 e. The van der Waals surface area contributed by atoms with Gasteiger partial charge in [-0.1, -0.05) is 11.8 Å². The summed E-state index contributed by atoms with van der Waals surface area (Å²) in [5, 5.41) is 0.642. The van der Waals surface area contributed by atoms with Crippen LogP contribution in [0.3, 0.4) is 0 Å². The highest BCUT2D eigenvalue weighted by Crippen LogP contribution is 2.18. The summed E-state index contributed by atoms with van der Waals surface area (Å²) in [5.74, 6) is 0.0296. The van der Waals surface area contributed by atoms with Crippen LogP contribution in [0.1, 0.15) is 21.9 Å². The van der Waals surface area contributed by atoms with Crippen LogP contribution in [0.4, 0.5) is 5.82 Å². The van der Waals surface area contributed by atoms with Crippen molar-refractivity contribution < 1.29 is 4.79 Å². The number of nitrogen functional groups attached to an aromatic ring is 1. The predicted molar refractivity (Wildman–Crippen MR) is 87.9 cm³/mol. The molecule has 0 spiro atoms. The first kappa shape index (κ1) is 16.9. The van der Waals surface area contributed by atoms with E-state index in [0.29, 0.717) is 10.9 Å². The Labute approximate surface area is 136 Å². The Morgan fingerprint density at radius 1 is 1.22 bits per heavy atom. The first-order valence-electron chi connectivity index (χ1n) is 6.76. The first-order valence-corrected chi connectivity index (χ1v) is 7.74. The molecular formula is C14H17N5O3S. The Balaban J connectivity index is 2.32. The number of ketones is 1. The molecule has 0 unspecified atom stereocenters. The van der Waals surface area contributed by atoms with Crippen LogP contribution in [-0.2, 0) is 14.1 Å². The summed E-state index contributed by atoms with van der Waals surface area (Å²) in [6.45, 7) is 3.60. The van der Waals surface area contributed by atoms with Gasteiger partial charge in [0.2, 0.25) is 0 Å². The number of aromatic nitrogens is 4. The largest absolute Gasteiger partial charge is 0.384 e. The van der Waals surface area contributed by atoms with Crippen molar-refractivity contribution in [3.05, 3.63) is 44.0 Å². The van der Waals surface area contributed by atoms with Crippen molar-refractivity contribution in [3.8, 4) is 0 Å². The Morgan fingerprint density at radius 3 is 2.48 bits per heavy atom. The molecule has 0 aliphatic carbocycles. The molecule has 23 heavy (non-hydrogen) atoms. The standard InChI is InChI=1S/C14H17N5O3S/c1-7-5-10(17-8(2)16-7)23-6-9(20)11-12(15)18(3)14(22)19(4)13(11)21/h5H,6,15H2,1-4H3. The highest BCUT2D eigenvalue weighted by molar-refractivity contribution is 7.99. The lowest BCUT2D eigenvalue weighted by Gasteiger charge is -2.10. The highest BCUT2D eigenvalue weighted by Gasteiger charge is 2.20. The van der Waals surface area contributed by atoms with Gasteiger partial charge >= 0.3 is 5.69 Å². The van der Waals surface area contributed by atoms with Gasteiger partial charge in [-0.3, -0.25) is 18.7 Å². The third-order valence-electron chi connectivity index (χ3n) is 3.28. The summed E-state index contributed by atoms with van der Waals surface area (Å²) in [4.78, 5) is 44.6. The van der Waals surface area contributed by atoms with Crippen molar-refractivity contribution in [2.45, 2.75) is 18.9 Å². The summed E-state index contributed by atoms with van der Waals surface area (Å²) in [6.07, 6.45) is 0. The van der Waals surface area contributed by atoms with Crippen molar-refractivity contribution in [2.75, 3.05) is 11.5 Å². The maximum atomic E-state index is 12.4. The van der Waals surface area contributed by atoms with Crippen LogP contribution in [0, 0.1) is 13.8 Å². The van der Waals surface area contributed by atoms with Crippen molar-refractivity contribution in [3.63, 3.8) is 0 Å². The molecule has 9 heteroatoms. The van der Waals surface area contributed by atoms with E-state index in [0.717, 1.165) is 14.8 Å². The molecule has 122 valence electrons. The molecule has 2 heterocycles. The van der Waals surface area contributed by atoms with Crippen LogP contribution in [0.25, 0.3) is 0 Å². The molecule has 0 atom stereocenters. The molecule has 2 aromatic rings. The van der Waals surface area contributed by atoms with E-state index in [2.05, 4.69) is 9.97 Å². The second kappa shape index (κ2) is 6.37. The van der Waals surface area contributed by atoms with Gasteiger partial charge in [-0.05, 0) is 19.9 Å². The fourth-order valence-electron chi connectivity index (χ4n) is 2.09. The van der Waals surface area contributed by atoms with Crippen molar-refractivity contribution >= 4 is 23.4 Å². The summed E-state index contributed by atoms with van der Waals surface area (Å²) < 4.78 is 1.95.